The number of fused-ring (bicyclic) bond motifs is 1. The van der Waals surface area contributed by atoms with Crippen LogP contribution in [0, 0.1) is 0 Å². The number of nitrogens with zero attached hydrogens (tertiary/aromatic N) is 4. The molecule has 0 saturated heterocycles. The normalized spacial score (nSPS) is 11.9. The molecule has 1 unspecified atom stereocenters. The van der Waals surface area contributed by atoms with Gasteiger partial charge < -0.3 is 10.1 Å². The largest absolute Gasteiger partial charge is 0.464 e. The van der Waals surface area contributed by atoms with Gasteiger partial charge in [0.1, 0.15) is 11.4 Å². The van der Waals surface area contributed by atoms with Crippen LogP contribution in [0.3, 0.4) is 0 Å². The highest BCUT2D eigenvalue weighted by atomic mass is 16.5. The third-order valence-corrected chi connectivity index (χ3v) is 3.45. The third-order valence-electron chi connectivity index (χ3n) is 3.45. The van der Waals surface area contributed by atoms with Gasteiger partial charge >= 0.3 is 5.97 Å². The predicted molar refractivity (Wildman–Crippen MR) is 84.4 cm³/mol. The van der Waals surface area contributed by atoms with Crippen LogP contribution in [-0.2, 0) is 4.74 Å². The van der Waals surface area contributed by atoms with E-state index < -0.39 is 17.9 Å². The molecule has 1 atom stereocenters. The fourth-order valence-electron chi connectivity index (χ4n) is 2.27. The number of hydrogen-bond donors (Lipinski definition) is 1. The number of hydrogen-bond acceptors (Lipinski definition) is 6. The van der Waals surface area contributed by atoms with Crippen LogP contribution in [0.15, 0.2) is 42.6 Å². The molecule has 1 N–H and O–H groups in total. The molecule has 122 valence electrons. The van der Waals surface area contributed by atoms with E-state index in [1.165, 1.54) is 19.2 Å². The van der Waals surface area contributed by atoms with Gasteiger partial charge in [-0.3, -0.25) is 9.20 Å². The SMILES string of the molecule is COC(=O)c1cccc(C(=O)NC(C)c2nnc3ccccn23)n1. The zero-order chi connectivity index (χ0) is 17.1. The molecule has 1 amide bonds. The first kappa shape index (κ1) is 15.6. The Bertz CT molecular complexity index is 905. The minimum absolute atomic E-state index is 0.0748. The summed E-state index contributed by atoms with van der Waals surface area (Å²) in [5.74, 6) is -0.412. The third kappa shape index (κ3) is 2.94. The first-order chi connectivity index (χ1) is 11.6. The Morgan fingerprint density at radius 2 is 1.92 bits per heavy atom. The number of esters is 1. The molecule has 0 fully saturated rings. The van der Waals surface area contributed by atoms with E-state index in [2.05, 4.69) is 25.2 Å². The van der Waals surface area contributed by atoms with Gasteiger partial charge in [-0.05, 0) is 31.2 Å². The second-order valence-electron chi connectivity index (χ2n) is 5.08. The van der Waals surface area contributed by atoms with Crippen molar-refractivity contribution in [3.8, 4) is 0 Å². The van der Waals surface area contributed by atoms with Crippen molar-refractivity contribution in [2.45, 2.75) is 13.0 Å². The zero-order valence-corrected chi connectivity index (χ0v) is 13.1. The molecule has 3 heterocycles. The van der Waals surface area contributed by atoms with Crippen molar-refractivity contribution >= 4 is 17.5 Å². The van der Waals surface area contributed by atoms with Crippen LogP contribution in [0.4, 0.5) is 0 Å². The number of carbonyl (C=O) groups is 2. The van der Waals surface area contributed by atoms with Crippen LogP contribution >= 0.6 is 0 Å². The van der Waals surface area contributed by atoms with Crippen molar-refractivity contribution in [1.29, 1.82) is 0 Å². The number of methoxy groups -OCH3 is 1. The van der Waals surface area contributed by atoms with Gasteiger partial charge in [-0.2, -0.15) is 0 Å². The number of ether oxygens (including phenoxy) is 1. The van der Waals surface area contributed by atoms with Crippen molar-refractivity contribution in [3.05, 3.63) is 59.8 Å². The maximum atomic E-state index is 12.4. The summed E-state index contributed by atoms with van der Waals surface area (Å²) in [5.41, 5.74) is 0.892. The monoisotopic (exact) mass is 325 g/mol. The van der Waals surface area contributed by atoms with E-state index in [9.17, 15) is 9.59 Å². The van der Waals surface area contributed by atoms with Crippen molar-refractivity contribution < 1.29 is 14.3 Å². The topological polar surface area (TPSA) is 98.5 Å². The standard InChI is InChI=1S/C16H15N5O3/c1-10(14-20-19-13-8-3-4-9-21(13)14)17-15(22)11-6-5-7-12(18-11)16(23)24-2/h3-10H,1-2H3,(H,17,22). The molecule has 0 spiro atoms. The molecule has 0 saturated carbocycles. The maximum Gasteiger partial charge on any atom is 0.356 e. The second-order valence-corrected chi connectivity index (χ2v) is 5.08. The maximum absolute atomic E-state index is 12.4. The molecule has 3 aromatic heterocycles. The van der Waals surface area contributed by atoms with Crippen LogP contribution in [-0.4, -0.2) is 38.6 Å². The summed E-state index contributed by atoms with van der Waals surface area (Å²) >= 11 is 0. The average molecular weight is 325 g/mol. The molecule has 0 bridgehead atoms. The summed E-state index contributed by atoms with van der Waals surface area (Å²) in [6.45, 7) is 1.80. The Labute approximate surface area is 137 Å². The van der Waals surface area contributed by atoms with Crippen molar-refractivity contribution in [2.24, 2.45) is 0 Å². The highest BCUT2D eigenvalue weighted by Gasteiger charge is 2.18. The molecule has 0 radical (unpaired) electrons. The van der Waals surface area contributed by atoms with Gasteiger partial charge in [0.2, 0.25) is 0 Å². The Hall–Kier alpha value is -3.29. The van der Waals surface area contributed by atoms with Crippen LogP contribution in [0.5, 0.6) is 0 Å². The Morgan fingerprint density at radius 1 is 1.12 bits per heavy atom. The molecular weight excluding hydrogens is 310 g/mol. The zero-order valence-electron chi connectivity index (χ0n) is 13.1. The predicted octanol–water partition coefficient (Wildman–Crippen LogP) is 1.40. The minimum atomic E-state index is -0.596. The molecule has 8 heteroatoms. The smallest absolute Gasteiger partial charge is 0.356 e. The number of aromatic nitrogens is 4. The first-order valence-corrected chi connectivity index (χ1v) is 7.26. The average Bonchev–Trinajstić information content (AvgIpc) is 3.05. The molecule has 0 aliphatic heterocycles. The van der Waals surface area contributed by atoms with Gasteiger partial charge in [0.25, 0.3) is 5.91 Å². The van der Waals surface area contributed by atoms with Gasteiger partial charge in [0.15, 0.2) is 11.5 Å². The van der Waals surface area contributed by atoms with Crippen LogP contribution in [0.1, 0.15) is 39.8 Å². The van der Waals surface area contributed by atoms with Gasteiger partial charge in [0, 0.05) is 6.20 Å². The fourth-order valence-corrected chi connectivity index (χ4v) is 2.27. The molecule has 3 aromatic rings. The molecular formula is C16H15N5O3. The number of amides is 1. The number of rotatable bonds is 4. The summed E-state index contributed by atoms with van der Waals surface area (Å²) in [5, 5.41) is 11.0. The fraction of sp³-hybridized carbons (Fsp3) is 0.188. The minimum Gasteiger partial charge on any atom is -0.464 e. The number of carbonyl (C=O) groups excluding carboxylic acids is 2. The molecule has 0 aliphatic rings. The Balaban J connectivity index is 1.80. The quantitative estimate of drug-likeness (QED) is 0.728. The molecule has 0 aliphatic carbocycles. The van der Waals surface area contributed by atoms with E-state index in [-0.39, 0.29) is 11.4 Å². The van der Waals surface area contributed by atoms with Gasteiger partial charge in [-0.25, -0.2) is 9.78 Å². The number of pyridine rings is 2. The van der Waals surface area contributed by atoms with E-state index in [1.807, 2.05) is 24.4 Å². The van der Waals surface area contributed by atoms with Gasteiger partial charge in [-0.1, -0.05) is 12.1 Å². The van der Waals surface area contributed by atoms with Crippen LogP contribution in [0.25, 0.3) is 5.65 Å². The lowest BCUT2D eigenvalue weighted by molar-refractivity contribution is 0.0594. The van der Waals surface area contributed by atoms with Crippen molar-refractivity contribution in [2.75, 3.05) is 7.11 Å². The van der Waals surface area contributed by atoms with E-state index in [4.69, 9.17) is 0 Å². The van der Waals surface area contributed by atoms with E-state index >= 15 is 0 Å². The molecule has 8 nitrogen and oxygen atoms in total. The van der Waals surface area contributed by atoms with Crippen LogP contribution < -0.4 is 5.32 Å². The Kier molecular flexibility index (Phi) is 4.19. The van der Waals surface area contributed by atoms with Crippen LogP contribution in [0.2, 0.25) is 0 Å². The highest BCUT2D eigenvalue weighted by molar-refractivity contribution is 5.94. The van der Waals surface area contributed by atoms with Gasteiger partial charge in [-0.15, -0.1) is 10.2 Å². The highest BCUT2D eigenvalue weighted by Crippen LogP contribution is 2.12. The summed E-state index contributed by atoms with van der Waals surface area (Å²) < 4.78 is 6.40. The molecule has 3 rings (SSSR count). The molecule has 0 aromatic carbocycles. The lowest BCUT2D eigenvalue weighted by Crippen LogP contribution is -2.29. The molecule has 24 heavy (non-hydrogen) atoms. The first-order valence-electron chi connectivity index (χ1n) is 7.26. The second kappa shape index (κ2) is 6.45. The number of nitrogens with one attached hydrogen (secondary N) is 1. The van der Waals surface area contributed by atoms with Crippen molar-refractivity contribution in [3.63, 3.8) is 0 Å². The van der Waals surface area contributed by atoms with Crippen molar-refractivity contribution in [1.82, 2.24) is 24.9 Å². The lowest BCUT2D eigenvalue weighted by atomic mass is 10.2. The summed E-state index contributed by atoms with van der Waals surface area (Å²) in [6, 6.07) is 9.74. The summed E-state index contributed by atoms with van der Waals surface area (Å²) in [6.07, 6.45) is 1.82. The summed E-state index contributed by atoms with van der Waals surface area (Å²) in [4.78, 5) is 27.9. The summed E-state index contributed by atoms with van der Waals surface area (Å²) in [7, 11) is 1.26. The van der Waals surface area contributed by atoms with E-state index in [1.54, 1.807) is 17.4 Å². The van der Waals surface area contributed by atoms with Gasteiger partial charge in [0.05, 0.1) is 13.2 Å². The van der Waals surface area contributed by atoms with E-state index in [0.29, 0.717) is 11.5 Å². The van der Waals surface area contributed by atoms with E-state index in [0.717, 1.165) is 0 Å². The lowest BCUT2D eigenvalue weighted by Gasteiger charge is -2.12. The Morgan fingerprint density at radius 3 is 2.71 bits per heavy atom.